The zero-order chi connectivity index (χ0) is 20.4. The van der Waals surface area contributed by atoms with Crippen LogP contribution < -0.4 is 0 Å². The van der Waals surface area contributed by atoms with Crippen LogP contribution in [-0.4, -0.2) is 20.2 Å². The molecule has 1 N–H and O–H groups in total. The molecule has 0 amide bonds. The summed E-state index contributed by atoms with van der Waals surface area (Å²) in [5.74, 6) is 0.341. The van der Waals surface area contributed by atoms with Gasteiger partial charge in [0, 0.05) is 0 Å². The topological polar surface area (TPSA) is 62.8 Å². The van der Waals surface area contributed by atoms with Crippen LogP contribution in [0, 0.1) is 17.8 Å². The van der Waals surface area contributed by atoms with E-state index in [0.717, 1.165) is 62.4 Å². The van der Waals surface area contributed by atoms with Gasteiger partial charge in [-0.05, 0) is 49.7 Å². The first-order chi connectivity index (χ1) is 14.0. The molecule has 1 aromatic carbocycles. The van der Waals surface area contributed by atoms with Crippen molar-refractivity contribution in [3.63, 3.8) is 0 Å². The number of thiol groups is 2. The van der Waals surface area contributed by atoms with Crippen LogP contribution in [0.5, 0.6) is 0 Å². The van der Waals surface area contributed by atoms with Gasteiger partial charge in [-0.1, -0.05) is 50.7 Å². The molecular weight excluding hydrogens is 400 g/mol. The van der Waals surface area contributed by atoms with Gasteiger partial charge in [0.2, 0.25) is 5.12 Å². The highest BCUT2D eigenvalue weighted by molar-refractivity contribution is 7.97. The molecule has 29 heavy (non-hydrogen) atoms. The Morgan fingerprint density at radius 1 is 0.966 bits per heavy atom. The highest BCUT2D eigenvalue weighted by atomic mass is 32.1. The van der Waals surface area contributed by atoms with Gasteiger partial charge in [-0.2, -0.15) is 0 Å². The van der Waals surface area contributed by atoms with E-state index in [2.05, 4.69) is 30.2 Å². The number of aromatic nitrogens is 2. The summed E-state index contributed by atoms with van der Waals surface area (Å²) in [5.41, 5.74) is 0.682. The number of fused-ring (bicyclic) bond motifs is 1. The van der Waals surface area contributed by atoms with Gasteiger partial charge in [-0.25, -0.2) is 4.98 Å². The summed E-state index contributed by atoms with van der Waals surface area (Å²) < 4.78 is 0. The SMILES string of the molecule is O=C(S)C(C1CCCCC1)C(C(=O)S)(c1nc2ccccc2[nH]1)C1CCCCC1. The third-order valence-electron chi connectivity index (χ3n) is 7.26. The fourth-order valence-corrected chi connectivity index (χ4v) is 6.79. The summed E-state index contributed by atoms with van der Waals surface area (Å²) in [4.78, 5) is 34.8. The molecule has 0 radical (unpaired) electrons. The fraction of sp³-hybridized carbons (Fsp3) is 0.609. The molecule has 2 aliphatic rings. The van der Waals surface area contributed by atoms with E-state index >= 15 is 0 Å². The van der Waals surface area contributed by atoms with Gasteiger partial charge in [-0.3, -0.25) is 9.59 Å². The Morgan fingerprint density at radius 3 is 2.17 bits per heavy atom. The number of aromatic amines is 1. The van der Waals surface area contributed by atoms with Crippen molar-refractivity contribution in [2.24, 2.45) is 17.8 Å². The Labute approximate surface area is 183 Å². The molecule has 2 fully saturated rings. The highest BCUT2D eigenvalue weighted by Gasteiger charge is 2.57. The normalized spacial score (nSPS) is 22.3. The molecule has 4 nitrogen and oxygen atoms in total. The zero-order valence-corrected chi connectivity index (χ0v) is 18.6. The summed E-state index contributed by atoms with van der Waals surface area (Å²) in [7, 11) is 0. The van der Waals surface area contributed by atoms with Gasteiger partial charge < -0.3 is 4.98 Å². The van der Waals surface area contributed by atoms with E-state index < -0.39 is 11.3 Å². The largest absolute Gasteiger partial charge is 0.341 e. The van der Waals surface area contributed by atoms with Crippen molar-refractivity contribution < 1.29 is 9.59 Å². The Kier molecular flexibility index (Phi) is 6.40. The third kappa shape index (κ3) is 3.78. The number of nitrogens with one attached hydrogen (secondary N) is 1. The second-order valence-corrected chi connectivity index (χ2v) is 9.67. The second kappa shape index (κ2) is 8.84. The summed E-state index contributed by atoms with van der Waals surface area (Å²) >= 11 is 8.81. The lowest BCUT2D eigenvalue weighted by molar-refractivity contribution is -0.131. The number of para-hydroxylation sites is 2. The van der Waals surface area contributed by atoms with E-state index in [9.17, 15) is 9.59 Å². The molecule has 0 saturated heterocycles. The summed E-state index contributed by atoms with van der Waals surface area (Å²) in [6, 6.07) is 7.82. The van der Waals surface area contributed by atoms with E-state index in [0.29, 0.717) is 5.82 Å². The van der Waals surface area contributed by atoms with E-state index in [-0.39, 0.29) is 22.1 Å². The predicted octanol–water partition coefficient (Wildman–Crippen LogP) is 5.49. The molecule has 4 rings (SSSR count). The Hall–Kier alpha value is -1.27. The van der Waals surface area contributed by atoms with Gasteiger partial charge in [0.25, 0.3) is 0 Å². The van der Waals surface area contributed by atoms with Crippen LogP contribution in [0.15, 0.2) is 24.3 Å². The van der Waals surface area contributed by atoms with Gasteiger partial charge in [0.1, 0.15) is 11.2 Å². The summed E-state index contributed by atoms with van der Waals surface area (Å²) in [6.45, 7) is 0. The van der Waals surface area contributed by atoms with Gasteiger partial charge in [0.05, 0.1) is 17.0 Å². The summed E-state index contributed by atoms with van der Waals surface area (Å²) in [5, 5.41) is -0.424. The average Bonchev–Trinajstić information content (AvgIpc) is 3.17. The standard InChI is InChI=1S/C23H30N2O2S2/c26-20(28)19(15-9-3-1-4-10-15)23(22(27)29,16-11-5-2-6-12-16)21-24-17-13-7-8-14-18(17)25-21/h7-8,13-16,19H,1-6,9-12H2,(H,24,25)(H,26,28)(H,27,29). The maximum absolute atomic E-state index is 13.4. The number of H-pyrrole nitrogens is 1. The monoisotopic (exact) mass is 430 g/mol. The van der Waals surface area contributed by atoms with Crippen molar-refractivity contribution in [1.82, 2.24) is 9.97 Å². The van der Waals surface area contributed by atoms with Crippen molar-refractivity contribution >= 4 is 46.5 Å². The molecular formula is C23H30N2O2S2. The number of carbonyl (C=O) groups excluding carboxylic acids is 2. The quantitative estimate of drug-likeness (QED) is 0.531. The zero-order valence-electron chi connectivity index (χ0n) is 16.8. The molecule has 2 unspecified atom stereocenters. The Bertz CT molecular complexity index is 851. The molecule has 0 aliphatic heterocycles. The number of hydrogen-bond acceptors (Lipinski definition) is 3. The van der Waals surface area contributed by atoms with Crippen LogP contribution in [0.25, 0.3) is 11.0 Å². The van der Waals surface area contributed by atoms with Crippen LogP contribution in [0.1, 0.15) is 70.0 Å². The second-order valence-electron chi connectivity index (χ2n) is 8.83. The lowest BCUT2D eigenvalue weighted by atomic mass is 9.57. The number of carbonyl (C=O) groups is 2. The summed E-state index contributed by atoms with van der Waals surface area (Å²) in [6.07, 6.45) is 10.5. The molecule has 2 aromatic rings. The maximum Gasteiger partial charge on any atom is 0.200 e. The van der Waals surface area contributed by atoms with E-state index in [4.69, 9.17) is 4.98 Å². The molecule has 2 saturated carbocycles. The number of hydrogen-bond donors (Lipinski definition) is 3. The van der Waals surface area contributed by atoms with Crippen molar-refractivity contribution in [2.75, 3.05) is 0 Å². The minimum Gasteiger partial charge on any atom is -0.341 e. The first-order valence-corrected chi connectivity index (χ1v) is 11.9. The Morgan fingerprint density at radius 2 is 1.59 bits per heavy atom. The van der Waals surface area contributed by atoms with E-state index in [1.165, 1.54) is 12.8 Å². The number of rotatable bonds is 6. The van der Waals surface area contributed by atoms with Crippen molar-refractivity contribution in [1.29, 1.82) is 0 Å². The maximum atomic E-state index is 13.4. The fourth-order valence-electron chi connectivity index (χ4n) is 5.95. The molecule has 6 heteroatoms. The van der Waals surface area contributed by atoms with Gasteiger partial charge >= 0.3 is 0 Å². The molecule has 1 aromatic heterocycles. The molecule has 156 valence electrons. The van der Waals surface area contributed by atoms with Crippen LogP contribution >= 0.6 is 25.3 Å². The minimum atomic E-state index is -1.04. The van der Waals surface area contributed by atoms with E-state index in [1.54, 1.807) is 0 Å². The molecule has 1 heterocycles. The average molecular weight is 431 g/mol. The molecule has 2 aliphatic carbocycles. The van der Waals surface area contributed by atoms with Crippen LogP contribution in [-0.2, 0) is 15.0 Å². The number of imidazole rings is 1. The van der Waals surface area contributed by atoms with E-state index in [1.807, 2.05) is 24.3 Å². The van der Waals surface area contributed by atoms with Crippen molar-refractivity contribution in [2.45, 2.75) is 69.6 Å². The minimum absolute atomic E-state index is 0.0600. The third-order valence-corrected chi connectivity index (χ3v) is 7.91. The van der Waals surface area contributed by atoms with Crippen molar-refractivity contribution in [3.05, 3.63) is 30.1 Å². The smallest absolute Gasteiger partial charge is 0.200 e. The molecule has 0 spiro atoms. The molecule has 0 bridgehead atoms. The first kappa shape index (κ1) is 21.0. The first-order valence-electron chi connectivity index (χ1n) is 11.0. The predicted molar refractivity (Wildman–Crippen MR) is 122 cm³/mol. The number of benzene rings is 1. The van der Waals surface area contributed by atoms with Crippen LogP contribution in [0.4, 0.5) is 0 Å². The molecule has 2 atom stereocenters. The number of nitrogens with zero attached hydrogens (tertiary/aromatic N) is 1. The van der Waals surface area contributed by atoms with Gasteiger partial charge in [-0.15, -0.1) is 25.3 Å². The highest BCUT2D eigenvalue weighted by Crippen LogP contribution is 2.52. The van der Waals surface area contributed by atoms with Gasteiger partial charge in [0.15, 0.2) is 5.12 Å². The van der Waals surface area contributed by atoms with Crippen molar-refractivity contribution in [3.8, 4) is 0 Å². The van der Waals surface area contributed by atoms with Crippen LogP contribution in [0.2, 0.25) is 0 Å². The van der Waals surface area contributed by atoms with Crippen LogP contribution in [0.3, 0.4) is 0 Å². The Balaban J connectivity index is 1.92. The lowest BCUT2D eigenvalue weighted by Crippen LogP contribution is -2.54. The lowest BCUT2D eigenvalue weighted by Gasteiger charge is -2.46.